The number of amides is 2. The van der Waals surface area contributed by atoms with Crippen LogP contribution < -0.4 is 15.4 Å². The van der Waals surface area contributed by atoms with Gasteiger partial charge in [0.1, 0.15) is 11.9 Å². The molecule has 2 amide bonds. The van der Waals surface area contributed by atoms with Crippen LogP contribution >= 0.6 is 0 Å². The van der Waals surface area contributed by atoms with Gasteiger partial charge in [0.05, 0.1) is 17.1 Å². The van der Waals surface area contributed by atoms with Crippen molar-refractivity contribution in [1.29, 1.82) is 0 Å². The lowest BCUT2D eigenvalue weighted by atomic mass is 10.0. The third kappa shape index (κ3) is 10.5. The van der Waals surface area contributed by atoms with E-state index >= 15 is 0 Å². The average Bonchev–Trinajstić information content (AvgIpc) is 3.32. The van der Waals surface area contributed by atoms with Gasteiger partial charge in [-0.3, -0.25) is 4.79 Å². The maximum atomic E-state index is 13.2. The number of carbonyl (C=O) groups is 2. The van der Waals surface area contributed by atoms with Crippen molar-refractivity contribution in [1.82, 2.24) is 15.4 Å². The van der Waals surface area contributed by atoms with Crippen molar-refractivity contribution in [3.63, 3.8) is 0 Å². The molecule has 0 aliphatic heterocycles. The van der Waals surface area contributed by atoms with Crippen molar-refractivity contribution in [2.24, 2.45) is 11.8 Å². The van der Waals surface area contributed by atoms with E-state index in [4.69, 9.17) is 4.74 Å². The van der Waals surface area contributed by atoms with Gasteiger partial charge >= 0.3 is 12.3 Å². The Kier molecular flexibility index (Phi) is 11.6. The van der Waals surface area contributed by atoms with Gasteiger partial charge in [-0.25, -0.2) is 22.3 Å². The van der Waals surface area contributed by atoms with Crippen LogP contribution in [-0.2, 0) is 25.7 Å². The molecule has 0 unspecified atom stereocenters. The normalized spacial score (nSPS) is 15.5. The summed E-state index contributed by atoms with van der Waals surface area (Å²) < 4.78 is 84.6. The first-order valence-electron chi connectivity index (χ1n) is 12.4. The standard InChI is InChI=1S/C24H35F4N3O5S/c1-16(2)13-20(31-23(33)36-15-17-7-3-4-8-17)22(32)29-11-5-6-12-30-37(34,35)21-10-9-18(25)14-19(21)24(26,27)28/h9-10,14,16-17,20,30H,3-8,11-13,15H2,1-2H3,(H,29,32)(H,31,33)/t20-/m0/s1. The number of carbonyl (C=O) groups excluding carboxylic acids is 2. The van der Waals surface area contributed by atoms with Crippen LogP contribution in [-0.4, -0.2) is 46.2 Å². The summed E-state index contributed by atoms with van der Waals surface area (Å²) >= 11 is 0. The smallest absolute Gasteiger partial charge is 0.417 e. The summed E-state index contributed by atoms with van der Waals surface area (Å²) in [6.07, 6.45) is -0.478. The molecule has 8 nitrogen and oxygen atoms in total. The van der Waals surface area contributed by atoms with Crippen LogP contribution in [0.1, 0.15) is 64.4 Å². The van der Waals surface area contributed by atoms with Gasteiger partial charge in [0, 0.05) is 13.1 Å². The molecule has 0 spiro atoms. The van der Waals surface area contributed by atoms with Crippen molar-refractivity contribution in [2.45, 2.75) is 75.9 Å². The first-order valence-corrected chi connectivity index (χ1v) is 13.9. The van der Waals surface area contributed by atoms with Gasteiger partial charge in [0.25, 0.3) is 0 Å². The molecule has 1 fully saturated rings. The Morgan fingerprint density at radius 2 is 1.76 bits per heavy atom. The van der Waals surface area contributed by atoms with E-state index in [1.807, 2.05) is 13.8 Å². The Labute approximate surface area is 215 Å². The lowest BCUT2D eigenvalue weighted by Gasteiger charge is -2.20. The van der Waals surface area contributed by atoms with E-state index in [9.17, 15) is 35.6 Å². The first kappa shape index (κ1) is 30.8. The van der Waals surface area contributed by atoms with Crippen LogP contribution in [0.5, 0.6) is 0 Å². The summed E-state index contributed by atoms with van der Waals surface area (Å²) in [6, 6.07) is 0.553. The van der Waals surface area contributed by atoms with Crippen molar-refractivity contribution < 1.29 is 40.3 Å². The Morgan fingerprint density at radius 3 is 2.38 bits per heavy atom. The Balaban J connectivity index is 1.78. The minimum atomic E-state index is -5.04. The van der Waals surface area contributed by atoms with E-state index in [1.165, 1.54) is 0 Å². The summed E-state index contributed by atoms with van der Waals surface area (Å²) in [5.41, 5.74) is -1.59. The molecule has 1 aliphatic carbocycles. The summed E-state index contributed by atoms with van der Waals surface area (Å²) in [7, 11) is -4.53. The topological polar surface area (TPSA) is 114 Å². The maximum absolute atomic E-state index is 13.2. The largest absolute Gasteiger partial charge is 0.449 e. The predicted molar refractivity (Wildman–Crippen MR) is 129 cm³/mol. The molecule has 0 aromatic heterocycles. The van der Waals surface area contributed by atoms with E-state index in [0.29, 0.717) is 37.5 Å². The van der Waals surface area contributed by atoms with Gasteiger partial charge in [0.2, 0.25) is 15.9 Å². The van der Waals surface area contributed by atoms with Gasteiger partial charge in [-0.1, -0.05) is 26.7 Å². The van der Waals surface area contributed by atoms with Crippen LogP contribution in [0.15, 0.2) is 23.1 Å². The van der Waals surface area contributed by atoms with Gasteiger partial charge in [-0.2, -0.15) is 13.2 Å². The molecule has 1 aliphatic rings. The second-order valence-electron chi connectivity index (χ2n) is 9.61. The van der Waals surface area contributed by atoms with Gasteiger partial charge in [-0.15, -0.1) is 0 Å². The monoisotopic (exact) mass is 553 g/mol. The summed E-state index contributed by atoms with van der Waals surface area (Å²) in [5.74, 6) is -1.14. The molecule has 1 aromatic carbocycles. The number of rotatable bonds is 13. The van der Waals surface area contributed by atoms with Gasteiger partial charge < -0.3 is 15.4 Å². The molecule has 0 radical (unpaired) electrons. The fourth-order valence-electron chi connectivity index (χ4n) is 4.08. The average molecular weight is 554 g/mol. The molecule has 37 heavy (non-hydrogen) atoms. The van der Waals surface area contributed by atoms with E-state index in [1.54, 1.807) is 0 Å². The molecule has 0 saturated heterocycles. The van der Waals surface area contributed by atoms with Crippen LogP contribution in [0.2, 0.25) is 0 Å². The molecule has 0 bridgehead atoms. The minimum absolute atomic E-state index is 0.119. The zero-order valence-corrected chi connectivity index (χ0v) is 21.8. The van der Waals surface area contributed by atoms with E-state index in [0.717, 1.165) is 25.7 Å². The van der Waals surface area contributed by atoms with E-state index < -0.39 is 50.5 Å². The SMILES string of the molecule is CC(C)C[C@H](NC(=O)OCC1CCCC1)C(=O)NCCCCNS(=O)(=O)c1ccc(F)cc1C(F)(F)F. The maximum Gasteiger partial charge on any atom is 0.417 e. The molecule has 1 saturated carbocycles. The van der Waals surface area contributed by atoms with Crippen LogP contribution in [0.25, 0.3) is 0 Å². The number of sulfonamides is 1. The number of nitrogens with one attached hydrogen (secondary N) is 3. The van der Waals surface area contributed by atoms with Crippen molar-refractivity contribution in [3.8, 4) is 0 Å². The highest BCUT2D eigenvalue weighted by Crippen LogP contribution is 2.34. The van der Waals surface area contributed by atoms with Crippen molar-refractivity contribution >= 4 is 22.0 Å². The highest BCUT2D eigenvalue weighted by atomic mass is 32.2. The van der Waals surface area contributed by atoms with Gasteiger partial charge in [-0.05, 0) is 62.1 Å². The number of halogens is 4. The lowest BCUT2D eigenvalue weighted by Crippen LogP contribution is -2.48. The zero-order chi connectivity index (χ0) is 27.6. The fourth-order valence-corrected chi connectivity index (χ4v) is 5.36. The molecule has 2 rings (SSSR count). The van der Waals surface area contributed by atoms with Crippen LogP contribution in [0.3, 0.4) is 0 Å². The first-order chi connectivity index (χ1) is 17.3. The van der Waals surface area contributed by atoms with Crippen LogP contribution in [0.4, 0.5) is 22.4 Å². The molecule has 3 N–H and O–H groups in total. The Morgan fingerprint density at radius 1 is 1.11 bits per heavy atom. The van der Waals surface area contributed by atoms with Crippen LogP contribution in [0, 0.1) is 17.7 Å². The highest BCUT2D eigenvalue weighted by molar-refractivity contribution is 7.89. The molecular formula is C24H35F4N3O5S. The Hall–Kier alpha value is -2.41. The number of benzene rings is 1. The van der Waals surface area contributed by atoms with E-state index in [-0.39, 0.29) is 31.5 Å². The number of alkyl carbamates (subject to hydrolysis) is 1. The van der Waals surface area contributed by atoms with Crippen molar-refractivity contribution in [2.75, 3.05) is 19.7 Å². The van der Waals surface area contributed by atoms with E-state index in [2.05, 4.69) is 15.4 Å². The quantitative estimate of drug-likeness (QED) is 0.248. The number of hydrogen-bond acceptors (Lipinski definition) is 5. The second-order valence-corrected chi connectivity index (χ2v) is 11.3. The number of ether oxygens (including phenoxy) is 1. The molecule has 13 heteroatoms. The third-order valence-electron chi connectivity index (χ3n) is 5.97. The minimum Gasteiger partial charge on any atom is -0.449 e. The Bertz CT molecular complexity index is 1010. The lowest BCUT2D eigenvalue weighted by molar-refractivity contribution is -0.140. The molecule has 1 atom stereocenters. The molecule has 1 aromatic rings. The summed E-state index contributed by atoms with van der Waals surface area (Å²) in [5, 5.41) is 5.28. The number of alkyl halides is 3. The molecular weight excluding hydrogens is 518 g/mol. The number of unbranched alkanes of at least 4 members (excludes halogenated alkanes) is 1. The molecule has 0 heterocycles. The van der Waals surface area contributed by atoms with Gasteiger partial charge in [0.15, 0.2) is 0 Å². The second kappa shape index (κ2) is 13.9. The highest BCUT2D eigenvalue weighted by Gasteiger charge is 2.37. The number of hydrogen-bond donors (Lipinski definition) is 3. The third-order valence-corrected chi connectivity index (χ3v) is 7.49. The predicted octanol–water partition coefficient (Wildman–Crippen LogP) is 4.35. The summed E-state index contributed by atoms with van der Waals surface area (Å²) in [6.45, 7) is 4.11. The zero-order valence-electron chi connectivity index (χ0n) is 21.0. The summed E-state index contributed by atoms with van der Waals surface area (Å²) in [4.78, 5) is 23.7. The fraction of sp³-hybridized carbons (Fsp3) is 0.667. The van der Waals surface area contributed by atoms with Crippen molar-refractivity contribution in [3.05, 3.63) is 29.6 Å². The molecule has 210 valence electrons.